The van der Waals surface area contributed by atoms with Gasteiger partial charge in [-0.05, 0) is 26.8 Å². The van der Waals surface area contributed by atoms with Crippen LogP contribution in [-0.4, -0.2) is 18.4 Å². The van der Waals surface area contributed by atoms with Gasteiger partial charge in [0.05, 0.1) is 6.61 Å². The van der Waals surface area contributed by atoms with Crippen molar-refractivity contribution in [1.29, 1.82) is 0 Å². The van der Waals surface area contributed by atoms with Gasteiger partial charge >= 0.3 is 5.97 Å². The molecule has 4 heteroatoms. The van der Waals surface area contributed by atoms with Gasteiger partial charge in [-0.3, -0.25) is 0 Å². The van der Waals surface area contributed by atoms with Crippen molar-refractivity contribution in [2.45, 2.75) is 26.6 Å². The fraction of sp³-hybridized carbons (Fsp3) is 0.625. The van der Waals surface area contributed by atoms with Crippen LogP contribution in [0.1, 0.15) is 20.8 Å². The molecule has 0 N–H and O–H groups in total. The van der Waals surface area contributed by atoms with E-state index in [-0.39, 0.29) is 5.97 Å². The molecule has 0 aromatic carbocycles. The van der Waals surface area contributed by atoms with Crippen LogP contribution in [0.5, 0.6) is 0 Å². The maximum atomic E-state index is 11.0. The smallest absolute Gasteiger partial charge is 0.333 e. The Morgan fingerprint density at radius 1 is 1.58 bits per heavy atom. The molecule has 0 atom stereocenters. The minimum Gasteiger partial charge on any atom is -0.463 e. The number of carbonyl (C=O) groups excluding carboxylic acids is 1. The minimum absolute atomic E-state index is 0.335. The van der Waals surface area contributed by atoms with Crippen molar-refractivity contribution >= 4 is 5.97 Å². The lowest BCUT2D eigenvalue weighted by molar-refractivity contribution is -0.138. The van der Waals surface area contributed by atoms with E-state index in [9.17, 15) is 4.79 Å². The summed E-state index contributed by atoms with van der Waals surface area (Å²) in [6, 6.07) is 0. The van der Waals surface area contributed by atoms with Crippen molar-refractivity contribution in [1.82, 2.24) is 0 Å². The summed E-state index contributed by atoms with van der Waals surface area (Å²) in [4.78, 5) is 20.3. The first-order valence-electron chi connectivity index (χ1n) is 3.81. The fourth-order valence-electron chi connectivity index (χ4n) is 0.811. The van der Waals surface area contributed by atoms with Gasteiger partial charge in [0.25, 0.3) is 5.79 Å². The van der Waals surface area contributed by atoms with Gasteiger partial charge in [-0.2, -0.15) is 9.78 Å². The Morgan fingerprint density at radius 3 is 2.58 bits per heavy atom. The highest BCUT2D eigenvalue weighted by molar-refractivity contribution is 5.87. The number of ether oxygens (including phenoxy) is 1. The van der Waals surface area contributed by atoms with E-state index in [4.69, 9.17) is 4.74 Å². The molecule has 0 amide bonds. The summed E-state index contributed by atoms with van der Waals surface area (Å²) in [5, 5.41) is 0. The van der Waals surface area contributed by atoms with Gasteiger partial charge in [-0.15, -0.1) is 0 Å². The number of rotatable bonds is 3. The highest BCUT2D eigenvalue weighted by Crippen LogP contribution is 2.31. The molecule has 0 aromatic heterocycles. The molecule has 1 rings (SSSR count). The molecule has 0 unspecified atom stereocenters. The van der Waals surface area contributed by atoms with Gasteiger partial charge < -0.3 is 4.74 Å². The van der Waals surface area contributed by atoms with E-state index in [2.05, 4.69) is 9.78 Å². The van der Waals surface area contributed by atoms with E-state index in [0.717, 1.165) is 0 Å². The molecule has 1 fully saturated rings. The van der Waals surface area contributed by atoms with Crippen LogP contribution in [0.2, 0.25) is 0 Å². The molecule has 1 heterocycles. The summed E-state index contributed by atoms with van der Waals surface area (Å²) < 4.78 is 4.76. The molecule has 1 aliphatic heterocycles. The monoisotopic (exact) mass is 172 g/mol. The molecule has 0 aliphatic carbocycles. The summed E-state index contributed by atoms with van der Waals surface area (Å²) in [7, 11) is 0. The second-order valence-electron chi connectivity index (χ2n) is 2.73. The first kappa shape index (κ1) is 9.22. The fourth-order valence-corrected chi connectivity index (χ4v) is 0.811. The van der Waals surface area contributed by atoms with Crippen molar-refractivity contribution in [3.63, 3.8) is 0 Å². The second kappa shape index (κ2) is 3.25. The van der Waals surface area contributed by atoms with Crippen molar-refractivity contribution in [3.8, 4) is 0 Å². The molecule has 0 bridgehead atoms. The molecule has 12 heavy (non-hydrogen) atoms. The van der Waals surface area contributed by atoms with E-state index < -0.39 is 5.79 Å². The van der Waals surface area contributed by atoms with Crippen LogP contribution in [0.4, 0.5) is 0 Å². The summed E-state index contributed by atoms with van der Waals surface area (Å²) in [5.74, 6) is -1.05. The number of hydrogen-bond acceptors (Lipinski definition) is 4. The summed E-state index contributed by atoms with van der Waals surface area (Å²) in [6.07, 6.45) is 1.59. The van der Waals surface area contributed by atoms with Gasteiger partial charge in [-0.25, -0.2) is 4.79 Å². The summed E-state index contributed by atoms with van der Waals surface area (Å²) in [6.45, 7) is 5.52. The zero-order chi connectivity index (χ0) is 9.19. The molecule has 68 valence electrons. The van der Waals surface area contributed by atoms with Gasteiger partial charge in [0.15, 0.2) is 0 Å². The minimum atomic E-state index is -0.711. The Balaban J connectivity index is 2.51. The Labute approximate surface area is 71.0 Å². The highest BCUT2D eigenvalue weighted by Gasteiger charge is 2.41. The summed E-state index contributed by atoms with van der Waals surface area (Å²) >= 11 is 0. The van der Waals surface area contributed by atoms with E-state index in [1.807, 2.05) is 0 Å². The Hall–Kier alpha value is -0.870. The van der Waals surface area contributed by atoms with Crippen LogP contribution in [-0.2, 0) is 19.3 Å². The molecule has 4 nitrogen and oxygen atoms in total. The SMILES string of the molecule is CCOC(=O)/C(C)=C/C1(C)OO1. The first-order chi connectivity index (χ1) is 5.57. The maximum Gasteiger partial charge on any atom is 0.333 e. The van der Waals surface area contributed by atoms with Crippen LogP contribution in [0.3, 0.4) is 0 Å². The first-order valence-corrected chi connectivity index (χ1v) is 3.81. The van der Waals surface area contributed by atoms with E-state index >= 15 is 0 Å². The molecular formula is C8H12O4. The summed E-state index contributed by atoms with van der Waals surface area (Å²) in [5.41, 5.74) is 0.497. The van der Waals surface area contributed by atoms with Gasteiger partial charge in [-0.1, -0.05) is 0 Å². The molecule has 0 radical (unpaired) electrons. The quantitative estimate of drug-likeness (QED) is 0.277. The van der Waals surface area contributed by atoms with Gasteiger partial charge in [0, 0.05) is 5.57 Å². The van der Waals surface area contributed by atoms with Crippen LogP contribution < -0.4 is 0 Å². The average molecular weight is 172 g/mol. The Bertz CT molecular complexity index is 215. The second-order valence-corrected chi connectivity index (χ2v) is 2.73. The molecule has 0 aromatic rings. The van der Waals surface area contributed by atoms with Crippen LogP contribution in [0, 0.1) is 0 Å². The predicted octanol–water partition coefficient (Wildman–Crippen LogP) is 1.17. The number of esters is 1. The lowest BCUT2D eigenvalue weighted by Gasteiger charge is -2.00. The normalized spacial score (nSPS) is 20.4. The zero-order valence-corrected chi connectivity index (χ0v) is 7.42. The molecular weight excluding hydrogens is 160 g/mol. The van der Waals surface area contributed by atoms with E-state index in [0.29, 0.717) is 12.2 Å². The van der Waals surface area contributed by atoms with Gasteiger partial charge in [0.1, 0.15) is 0 Å². The molecule has 1 aliphatic rings. The van der Waals surface area contributed by atoms with Crippen molar-refractivity contribution in [2.24, 2.45) is 0 Å². The van der Waals surface area contributed by atoms with E-state index in [1.165, 1.54) is 0 Å². The average Bonchev–Trinajstić information content (AvgIpc) is 2.68. The molecule has 0 spiro atoms. The third-order valence-electron chi connectivity index (χ3n) is 1.42. The third-order valence-corrected chi connectivity index (χ3v) is 1.42. The topological polar surface area (TPSA) is 51.4 Å². The van der Waals surface area contributed by atoms with Crippen molar-refractivity contribution in [3.05, 3.63) is 11.6 Å². The lowest BCUT2D eigenvalue weighted by Crippen LogP contribution is -2.09. The van der Waals surface area contributed by atoms with Crippen molar-refractivity contribution < 1.29 is 19.3 Å². The number of hydrogen-bond donors (Lipinski definition) is 0. The third kappa shape index (κ3) is 2.32. The van der Waals surface area contributed by atoms with E-state index in [1.54, 1.807) is 26.8 Å². The van der Waals surface area contributed by atoms with Crippen LogP contribution in [0.25, 0.3) is 0 Å². The zero-order valence-electron chi connectivity index (χ0n) is 7.42. The van der Waals surface area contributed by atoms with Gasteiger partial charge in [0.2, 0.25) is 0 Å². The highest BCUT2D eigenvalue weighted by atomic mass is 17.4. The largest absolute Gasteiger partial charge is 0.463 e. The number of carbonyl (C=O) groups is 1. The molecule has 0 saturated carbocycles. The predicted molar refractivity (Wildman–Crippen MR) is 41.0 cm³/mol. The standard InChI is InChI=1S/C8H12O4/c1-4-10-7(9)6(2)5-8(3)11-12-8/h5H,4H2,1-3H3/b6-5+. The molecule has 1 saturated heterocycles. The van der Waals surface area contributed by atoms with Crippen LogP contribution in [0.15, 0.2) is 11.6 Å². The van der Waals surface area contributed by atoms with Crippen molar-refractivity contribution in [2.75, 3.05) is 6.61 Å². The lowest BCUT2D eigenvalue weighted by atomic mass is 10.2. The Morgan fingerprint density at radius 2 is 2.17 bits per heavy atom. The van der Waals surface area contributed by atoms with Crippen LogP contribution >= 0.6 is 0 Å². The maximum absolute atomic E-state index is 11.0. The Kier molecular flexibility index (Phi) is 2.49.